The molecule has 1 nitrogen and oxygen atoms in total. The van der Waals surface area contributed by atoms with Gasteiger partial charge in [-0.15, -0.1) is 0 Å². The van der Waals surface area contributed by atoms with Crippen LogP contribution in [0.1, 0.15) is 40.5 Å². The van der Waals surface area contributed by atoms with Crippen LogP contribution in [-0.2, 0) is 4.74 Å². The Balaban J connectivity index is 0. The second kappa shape index (κ2) is 9.89. The van der Waals surface area contributed by atoms with Crippen molar-refractivity contribution in [2.75, 3.05) is 7.11 Å². The molecule has 0 aromatic heterocycles. The van der Waals surface area contributed by atoms with E-state index in [1.54, 1.807) is 7.11 Å². The van der Waals surface area contributed by atoms with Gasteiger partial charge in [-0.3, -0.25) is 0 Å². The van der Waals surface area contributed by atoms with Gasteiger partial charge in [0.15, 0.2) is 0 Å². The number of methoxy groups -OCH3 is 1. The molecule has 0 saturated heterocycles. The number of ether oxygens (including phenoxy) is 1. The molecular formula is C9H21FO. The van der Waals surface area contributed by atoms with Gasteiger partial charge in [0.05, 0.1) is 6.10 Å². The summed E-state index contributed by atoms with van der Waals surface area (Å²) in [6, 6.07) is 0. The molecule has 0 radical (unpaired) electrons. The zero-order valence-corrected chi connectivity index (χ0v) is 8.36. The maximum Gasteiger partial charge on any atom is 0.105 e. The summed E-state index contributed by atoms with van der Waals surface area (Å²) < 4.78 is 16.7. The average Bonchev–Trinajstić information content (AvgIpc) is 2.06. The van der Waals surface area contributed by atoms with Crippen LogP contribution in [0.4, 0.5) is 4.39 Å². The lowest BCUT2D eigenvalue weighted by Crippen LogP contribution is -2.31. The summed E-state index contributed by atoms with van der Waals surface area (Å²) in [5.41, 5.74) is 0. The van der Waals surface area contributed by atoms with Crippen molar-refractivity contribution in [2.24, 2.45) is 0 Å². The molecule has 0 atom stereocenters. The van der Waals surface area contributed by atoms with E-state index < -0.39 is 6.17 Å². The van der Waals surface area contributed by atoms with Crippen molar-refractivity contribution in [1.29, 1.82) is 0 Å². The molecule has 2 heteroatoms. The van der Waals surface area contributed by atoms with Crippen LogP contribution >= 0.6 is 0 Å². The lowest BCUT2D eigenvalue weighted by Gasteiger charge is -2.27. The Morgan fingerprint density at radius 1 is 1.09 bits per heavy atom. The van der Waals surface area contributed by atoms with Crippen LogP contribution in [0.2, 0.25) is 0 Å². The standard InChI is InChI=1S/C5H9FO.2C2H6/c1-7-5-2-4(6)3-5;2*1-2/h4-5H,2-3H2,1H3;2*1-2H3. The van der Waals surface area contributed by atoms with Crippen LogP contribution in [-0.4, -0.2) is 19.4 Å². The largest absolute Gasteiger partial charge is 0.381 e. The fourth-order valence-corrected chi connectivity index (χ4v) is 0.694. The Bertz CT molecular complexity index is 60.6. The smallest absolute Gasteiger partial charge is 0.105 e. The summed E-state index contributed by atoms with van der Waals surface area (Å²) in [6.45, 7) is 8.00. The molecule has 0 bridgehead atoms. The molecule has 70 valence electrons. The summed E-state index contributed by atoms with van der Waals surface area (Å²) in [5.74, 6) is 0. The molecule has 0 heterocycles. The van der Waals surface area contributed by atoms with Gasteiger partial charge >= 0.3 is 0 Å². The first-order valence-electron chi connectivity index (χ1n) is 4.50. The topological polar surface area (TPSA) is 9.23 Å². The fraction of sp³-hybridized carbons (Fsp3) is 1.00. The molecule has 1 aliphatic carbocycles. The summed E-state index contributed by atoms with van der Waals surface area (Å²) in [7, 11) is 1.62. The molecule has 0 N–H and O–H groups in total. The number of hydrogen-bond donors (Lipinski definition) is 0. The first-order valence-corrected chi connectivity index (χ1v) is 4.50. The quantitative estimate of drug-likeness (QED) is 0.578. The summed E-state index contributed by atoms with van der Waals surface area (Å²) in [4.78, 5) is 0. The van der Waals surface area contributed by atoms with Gasteiger partial charge in [-0.05, 0) is 0 Å². The SMILES string of the molecule is CC.CC.COC1CC(F)C1. The van der Waals surface area contributed by atoms with E-state index >= 15 is 0 Å². The summed E-state index contributed by atoms with van der Waals surface area (Å²) >= 11 is 0. The van der Waals surface area contributed by atoms with E-state index in [0.29, 0.717) is 12.8 Å². The minimum absolute atomic E-state index is 0.218. The summed E-state index contributed by atoms with van der Waals surface area (Å²) in [6.07, 6.45) is 0.854. The highest BCUT2D eigenvalue weighted by Crippen LogP contribution is 2.24. The van der Waals surface area contributed by atoms with Gasteiger partial charge in [-0.1, -0.05) is 27.7 Å². The molecular weight excluding hydrogens is 143 g/mol. The van der Waals surface area contributed by atoms with E-state index in [0.717, 1.165) is 0 Å². The highest BCUT2D eigenvalue weighted by molar-refractivity contribution is 4.78. The highest BCUT2D eigenvalue weighted by Gasteiger charge is 2.28. The van der Waals surface area contributed by atoms with Crippen LogP contribution < -0.4 is 0 Å². The first-order chi connectivity index (χ1) is 5.33. The first kappa shape index (κ1) is 13.5. The van der Waals surface area contributed by atoms with Crippen LogP contribution in [0.25, 0.3) is 0 Å². The second-order valence-electron chi connectivity index (χ2n) is 1.93. The lowest BCUT2D eigenvalue weighted by atomic mass is 9.94. The minimum Gasteiger partial charge on any atom is -0.381 e. The van der Waals surface area contributed by atoms with E-state index in [2.05, 4.69) is 0 Å². The predicted octanol–water partition coefficient (Wildman–Crippen LogP) is 3.19. The van der Waals surface area contributed by atoms with Gasteiger partial charge in [0, 0.05) is 20.0 Å². The summed E-state index contributed by atoms with van der Waals surface area (Å²) in [5, 5.41) is 0. The fourth-order valence-electron chi connectivity index (χ4n) is 0.694. The van der Waals surface area contributed by atoms with Crippen LogP contribution in [0.3, 0.4) is 0 Å². The van der Waals surface area contributed by atoms with Crippen molar-refractivity contribution in [3.63, 3.8) is 0 Å². The van der Waals surface area contributed by atoms with Gasteiger partial charge in [-0.2, -0.15) is 0 Å². The Morgan fingerprint density at radius 2 is 1.45 bits per heavy atom. The van der Waals surface area contributed by atoms with Crippen molar-refractivity contribution in [2.45, 2.75) is 52.8 Å². The molecule has 0 aromatic carbocycles. The van der Waals surface area contributed by atoms with Crippen molar-refractivity contribution >= 4 is 0 Å². The van der Waals surface area contributed by atoms with E-state index in [1.165, 1.54) is 0 Å². The van der Waals surface area contributed by atoms with Crippen LogP contribution in [0.5, 0.6) is 0 Å². The minimum atomic E-state index is -0.579. The molecule has 1 rings (SSSR count). The Hall–Kier alpha value is -0.110. The number of hydrogen-bond acceptors (Lipinski definition) is 1. The lowest BCUT2D eigenvalue weighted by molar-refractivity contribution is -0.0131. The molecule has 0 aliphatic heterocycles. The zero-order chi connectivity index (χ0) is 9.28. The Morgan fingerprint density at radius 3 is 1.55 bits per heavy atom. The van der Waals surface area contributed by atoms with Gasteiger partial charge < -0.3 is 4.74 Å². The van der Waals surface area contributed by atoms with Gasteiger partial charge in [-0.25, -0.2) is 4.39 Å². The zero-order valence-electron chi connectivity index (χ0n) is 8.36. The van der Waals surface area contributed by atoms with E-state index in [1.807, 2.05) is 27.7 Å². The average molecular weight is 164 g/mol. The van der Waals surface area contributed by atoms with Crippen LogP contribution in [0.15, 0.2) is 0 Å². The third-order valence-electron chi connectivity index (χ3n) is 1.37. The van der Waals surface area contributed by atoms with Crippen LogP contribution in [0, 0.1) is 0 Å². The highest BCUT2D eigenvalue weighted by atomic mass is 19.1. The number of rotatable bonds is 1. The van der Waals surface area contributed by atoms with Crippen molar-refractivity contribution < 1.29 is 9.13 Å². The monoisotopic (exact) mass is 164 g/mol. The maximum absolute atomic E-state index is 11.9. The van der Waals surface area contributed by atoms with Crippen molar-refractivity contribution in [3.05, 3.63) is 0 Å². The molecule has 11 heavy (non-hydrogen) atoms. The van der Waals surface area contributed by atoms with E-state index in [4.69, 9.17) is 4.74 Å². The third-order valence-corrected chi connectivity index (χ3v) is 1.37. The molecule has 1 fully saturated rings. The maximum atomic E-state index is 11.9. The number of alkyl halides is 1. The van der Waals surface area contributed by atoms with Gasteiger partial charge in [0.25, 0.3) is 0 Å². The molecule has 0 amide bonds. The third kappa shape index (κ3) is 6.29. The molecule has 0 unspecified atom stereocenters. The van der Waals surface area contributed by atoms with Gasteiger partial charge in [0.1, 0.15) is 6.17 Å². The van der Waals surface area contributed by atoms with Crippen molar-refractivity contribution in [1.82, 2.24) is 0 Å². The normalized spacial score (nSPS) is 26.7. The Kier molecular flexibility index (Phi) is 12.1. The molecule has 1 aliphatic rings. The predicted molar refractivity (Wildman–Crippen MR) is 47.6 cm³/mol. The Labute approximate surface area is 69.9 Å². The molecule has 0 aromatic rings. The number of halogens is 1. The molecule has 1 saturated carbocycles. The molecule has 0 spiro atoms. The van der Waals surface area contributed by atoms with Gasteiger partial charge in [0.2, 0.25) is 0 Å². The van der Waals surface area contributed by atoms with Crippen molar-refractivity contribution in [3.8, 4) is 0 Å². The van der Waals surface area contributed by atoms with E-state index in [-0.39, 0.29) is 6.10 Å². The van der Waals surface area contributed by atoms with E-state index in [9.17, 15) is 4.39 Å². The second-order valence-corrected chi connectivity index (χ2v) is 1.93.